The van der Waals surface area contributed by atoms with E-state index in [0.717, 1.165) is 54.1 Å². The first-order chi connectivity index (χ1) is 16.4. The summed E-state index contributed by atoms with van der Waals surface area (Å²) in [6.07, 6.45) is 1.51. The van der Waals surface area contributed by atoms with Crippen molar-refractivity contribution in [1.82, 2.24) is 14.9 Å². The van der Waals surface area contributed by atoms with E-state index >= 15 is 0 Å². The average Bonchev–Trinajstić information content (AvgIpc) is 3.24. The topological polar surface area (TPSA) is 115 Å². The quantitative estimate of drug-likeness (QED) is 0.471. The molecule has 0 radical (unpaired) electrons. The van der Waals surface area contributed by atoms with E-state index in [-0.39, 0.29) is 5.82 Å². The lowest BCUT2D eigenvalue weighted by Crippen LogP contribution is -2.44. The maximum absolute atomic E-state index is 13.7. The number of rotatable bonds is 5. The first-order valence-electron chi connectivity index (χ1n) is 11.0. The van der Waals surface area contributed by atoms with Crippen molar-refractivity contribution in [2.75, 3.05) is 38.1 Å². The van der Waals surface area contributed by atoms with E-state index in [0.29, 0.717) is 17.0 Å². The number of benzene rings is 2. The van der Waals surface area contributed by atoms with E-state index < -0.39 is 11.9 Å². The van der Waals surface area contributed by atoms with Crippen LogP contribution in [0.5, 0.6) is 0 Å². The lowest BCUT2D eigenvalue weighted by Gasteiger charge is -2.33. The van der Waals surface area contributed by atoms with E-state index in [1.54, 1.807) is 24.3 Å². The summed E-state index contributed by atoms with van der Waals surface area (Å²) in [6, 6.07) is 12.5. The van der Waals surface area contributed by atoms with Crippen molar-refractivity contribution in [1.29, 1.82) is 0 Å². The molecule has 4 aromatic rings. The molecule has 174 valence electrons. The summed E-state index contributed by atoms with van der Waals surface area (Å²) in [5.41, 5.74) is 14.6. The summed E-state index contributed by atoms with van der Waals surface area (Å²) in [4.78, 5) is 25.0. The van der Waals surface area contributed by atoms with Gasteiger partial charge in [0.05, 0.1) is 5.39 Å². The minimum Gasteiger partial charge on any atom is -0.437 e. The van der Waals surface area contributed by atoms with Crippen LogP contribution in [0.15, 0.2) is 59.3 Å². The normalized spacial score (nSPS) is 15.6. The Labute approximate surface area is 196 Å². The van der Waals surface area contributed by atoms with Crippen LogP contribution in [-0.4, -0.2) is 54.0 Å². The van der Waals surface area contributed by atoms with E-state index in [4.69, 9.17) is 15.9 Å². The molecule has 1 atom stereocenters. The number of hydrogen-bond acceptors (Lipinski definition) is 7. The van der Waals surface area contributed by atoms with Gasteiger partial charge in [-0.05, 0) is 30.3 Å². The number of nitrogens with two attached hydrogens (primary N) is 2. The van der Waals surface area contributed by atoms with E-state index in [2.05, 4.69) is 26.8 Å². The van der Waals surface area contributed by atoms with Gasteiger partial charge < -0.3 is 25.7 Å². The van der Waals surface area contributed by atoms with Gasteiger partial charge in [0, 0.05) is 37.3 Å². The van der Waals surface area contributed by atoms with Gasteiger partial charge in [-0.1, -0.05) is 36.4 Å². The smallest absolute Gasteiger partial charge is 0.238 e. The Kier molecular flexibility index (Phi) is 5.72. The molecule has 0 spiro atoms. The number of primary amides is 1. The van der Waals surface area contributed by atoms with Gasteiger partial charge in [0.15, 0.2) is 0 Å². The highest BCUT2D eigenvalue weighted by molar-refractivity contribution is 6.06. The van der Waals surface area contributed by atoms with Crippen molar-refractivity contribution < 1.29 is 13.6 Å². The molecule has 1 unspecified atom stereocenters. The number of likely N-dealkylation sites (N-methyl/N-ethyl adjacent to an activating group) is 1. The van der Waals surface area contributed by atoms with E-state index in [1.807, 2.05) is 12.1 Å². The van der Waals surface area contributed by atoms with Crippen LogP contribution in [0.25, 0.3) is 33.6 Å². The highest BCUT2D eigenvalue weighted by Gasteiger charge is 2.26. The van der Waals surface area contributed by atoms with Crippen molar-refractivity contribution in [2.45, 2.75) is 6.04 Å². The fourth-order valence-corrected chi connectivity index (χ4v) is 4.28. The zero-order chi connectivity index (χ0) is 23.8. The van der Waals surface area contributed by atoms with Gasteiger partial charge in [0.2, 0.25) is 11.6 Å². The highest BCUT2D eigenvalue weighted by Crippen LogP contribution is 2.43. The number of carbonyl (C=O) groups is 1. The molecule has 0 aliphatic carbocycles. The van der Waals surface area contributed by atoms with Crippen molar-refractivity contribution in [3.05, 3.63) is 66.2 Å². The molecule has 1 aliphatic heterocycles. The van der Waals surface area contributed by atoms with Gasteiger partial charge in [0.25, 0.3) is 0 Å². The zero-order valence-electron chi connectivity index (χ0n) is 18.7. The van der Waals surface area contributed by atoms with Gasteiger partial charge in [-0.2, -0.15) is 0 Å². The van der Waals surface area contributed by atoms with Crippen LogP contribution in [0.1, 0.15) is 11.6 Å². The first-order valence-corrected chi connectivity index (χ1v) is 11.0. The van der Waals surface area contributed by atoms with Crippen LogP contribution >= 0.6 is 0 Å². The summed E-state index contributed by atoms with van der Waals surface area (Å²) in [5.74, 6) is 0.450. The van der Waals surface area contributed by atoms with Gasteiger partial charge in [-0.25, -0.2) is 14.4 Å². The largest absolute Gasteiger partial charge is 0.437 e. The number of hydrogen-bond donors (Lipinski definition) is 2. The molecule has 4 N–H and O–H groups in total. The molecule has 0 saturated carbocycles. The molecule has 8 nitrogen and oxygen atoms in total. The lowest BCUT2D eigenvalue weighted by atomic mass is 9.97. The fourth-order valence-electron chi connectivity index (χ4n) is 4.28. The van der Waals surface area contributed by atoms with Gasteiger partial charge in [-0.15, -0.1) is 0 Å². The third-order valence-corrected chi connectivity index (χ3v) is 6.24. The number of carbonyl (C=O) groups excluding carboxylic acids is 1. The van der Waals surface area contributed by atoms with Gasteiger partial charge in [0.1, 0.15) is 29.8 Å². The minimum absolute atomic E-state index is 0.321. The Morgan fingerprint density at radius 3 is 2.29 bits per heavy atom. The molecule has 3 heterocycles. The number of aromatic nitrogens is 2. The third-order valence-electron chi connectivity index (χ3n) is 6.24. The molecule has 2 aromatic heterocycles. The second-order valence-corrected chi connectivity index (χ2v) is 8.48. The van der Waals surface area contributed by atoms with Crippen LogP contribution in [0, 0.1) is 5.82 Å². The second kappa shape index (κ2) is 8.85. The molecule has 2 aromatic carbocycles. The van der Waals surface area contributed by atoms with Gasteiger partial charge in [-0.3, -0.25) is 4.79 Å². The van der Waals surface area contributed by atoms with Crippen molar-refractivity contribution in [3.8, 4) is 22.5 Å². The molecule has 1 aliphatic rings. The Bertz CT molecular complexity index is 1330. The number of piperazine rings is 1. The van der Waals surface area contributed by atoms with Crippen LogP contribution in [0.4, 0.5) is 10.2 Å². The van der Waals surface area contributed by atoms with E-state index in [9.17, 15) is 9.18 Å². The number of furan rings is 1. The highest BCUT2D eigenvalue weighted by atomic mass is 19.1. The lowest BCUT2D eigenvalue weighted by molar-refractivity contribution is -0.119. The number of amides is 1. The monoisotopic (exact) mass is 460 g/mol. The maximum Gasteiger partial charge on any atom is 0.238 e. The number of anilines is 1. The van der Waals surface area contributed by atoms with Crippen molar-refractivity contribution in [3.63, 3.8) is 0 Å². The van der Waals surface area contributed by atoms with E-state index in [1.165, 1.54) is 18.5 Å². The molecule has 9 heteroatoms. The molecule has 34 heavy (non-hydrogen) atoms. The summed E-state index contributed by atoms with van der Waals surface area (Å²) in [6.45, 7) is 3.49. The van der Waals surface area contributed by atoms with Gasteiger partial charge >= 0.3 is 0 Å². The van der Waals surface area contributed by atoms with Crippen LogP contribution in [0.2, 0.25) is 0 Å². The predicted octanol–water partition coefficient (Wildman–Crippen LogP) is 2.93. The third kappa shape index (κ3) is 4.00. The standard InChI is InChI=1S/C25H25FN6O2/c1-31-10-12-32(13-11-31)24-20-19(15-6-8-18(26)9-7-15)22(34-25(20)30-14-29-24)17-4-2-16(3-5-17)21(27)23(28)33/h2-9,14,21H,10-13,27H2,1H3,(H2,28,33). The summed E-state index contributed by atoms with van der Waals surface area (Å²) < 4.78 is 20.0. The Balaban J connectivity index is 1.69. The number of fused-ring (bicyclic) bond motifs is 1. The van der Waals surface area contributed by atoms with Crippen molar-refractivity contribution in [2.24, 2.45) is 11.5 Å². The first kappa shape index (κ1) is 22.0. The second-order valence-electron chi connectivity index (χ2n) is 8.48. The molecule has 0 bridgehead atoms. The number of halogens is 1. The van der Waals surface area contributed by atoms with Crippen molar-refractivity contribution >= 4 is 22.8 Å². The predicted molar refractivity (Wildman–Crippen MR) is 128 cm³/mol. The summed E-state index contributed by atoms with van der Waals surface area (Å²) in [7, 11) is 2.10. The maximum atomic E-state index is 13.7. The Hall–Kier alpha value is -3.82. The molecular formula is C25H25FN6O2. The Morgan fingerprint density at radius 1 is 1.00 bits per heavy atom. The molecule has 1 saturated heterocycles. The summed E-state index contributed by atoms with van der Waals surface area (Å²) in [5, 5.41) is 0.784. The zero-order valence-corrected chi connectivity index (χ0v) is 18.7. The van der Waals surface area contributed by atoms with Crippen LogP contribution in [-0.2, 0) is 4.79 Å². The van der Waals surface area contributed by atoms with Crippen LogP contribution < -0.4 is 16.4 Å². The molecule has 1 amide bonds. The average molecular weight is 461 g/mol. The minimum atomic E-state index is -0.893. The summed E-state index contributed by atoms with van der Waals surface area (Å²) >= 11 is 0. The molecule has 1 fully saturated rings. The fraction of sp³-hybridized carbons (Fsp3) is 0.240. The Morgan fingerprint density at radius 2 is 1.65 bits per heavy atom. The number of nitrogens with zero attached hydrogens (tertiary/aromatic N) is 4. The molecule has 5 rings (SSSR count). The van der Waals surface area contributed by atoms with Crippen LogP contribution in [0.3, 0.4) is 0 Å². The SMILES string of the molecule is CN1CCN(c2ncnc3oc(-c4ccc(C(N)C(N)=O)cc4)c(-c4ccc(F)cc4)c23)CC1. The molecular weight excluding hydrogens is 435 g/mol.